The molecule has 2 rings (SSSR count). The molecular formula is C26H31F2N3O5. The Labute approximate surface area is 208 Å². The Hall–Kier alpha value is -3.66. The van der Waals surface area contributed by atoms with Gasteiger partial charge in [-0.05, 0) is 43.2 Å². The molecule has 0 heterocycles. The highest BCUT2D eigenvalue weighted by Crippen LogP contribution is 2.21. The van der Waals surface area contributed by atoms with E-state index in [1.165, 1.54) is 20.1 Å². The van der Waals surface area contributed by atoms with Crippen LogP contribution < -0.4 is 20.7 Å². The Morgan fingerprint density at radius 1 is 1.00 bits per heavy atom. The zero-order chi connectivity index (χ0) is 26.8. The van der Waals surface area contributed by atoms with Crippen LogP contribution in [0.2, 0.25) is 0 Å². The number of nitrogens with one attached hydrogen (secondary N) is 3. The van der Waals surface area contributed by atoms with Crippen LogP contribution in [-0.2, 0) is 27.3 Å². The first-order valence-electron chi connectivity index (χ1n) is 11.4. The molecule has 0 aliphatic heterocycles. The summed E-state index contributed by atoms with van der Waals surface area (Å²) in [6.07, 6.45) is -0.115. The van der Waals surface area contributed by atoms with Gasteiger partial charge in [0.2, 0.25) is 11.8 Å². The van der Waals surface area contributed by atoms with E-state index >= 15 is 0 Å². The van der Waals surface area contributed by atoms with Gasteiger partial charge in [0.25, 0.3) is 0 Å². The molecule has 0 aliphatic carbocycles. The summed E-state index contributed by atoms with van der Waals surface area (Å²) in [6.45, 7) is 4.19. The summed E-state index contributed by atoms with van der Waals surface area (Å²) in [5.74, 6) is -2.84. The van der Waals surface area contributed by atoms with Crippen molar-refractivity contribution >= 4 is 23.4 Å². The van der Waals surface area contributed by atoms with Gasteiger partial charge in [0, 0.05) is 23.2 Å². The lowest BCUT2D eigenvalue weighted by atomic mass is 10.0. The number of ketones is 2. The standard InChI is InChI=1S/C26H31F2N3O5/c1-15(2)25(31-24(34)11-18-10-17(16(3)32)8-9-23(18)36-4)26(35)30-13-19(33)12-29-14-20-21(27)6-5-7-22(20)28/h5-10,15,25,29H,11-14H2,1-4H3,(H,30,35)(H,31,34). The molecule has 0 saturated carbocycles. The molecule has 0 aromatic heterocycles. The minimum absolute atomic E-state index is 0.115. The molecule has 0 radical (unpaired) electrons. The lowest BCUT2D eigenvalue weighted by Gasteiger charge is -2.22. The van der Waals surface area contributed by atoms with Crippen LogP contribution in [0.15, 0.2) is 36.4 Å². The van der Waals surface area contributed by atoms with Crippen LogP contribution in [0.25, 0.3) is 0 Å². The normalized spacial score (nSPS) is 11.6. The number of hydrogen-bond donors (Lipinski definition) is 3. The number of carbonyl (C=O) groups is 4. The quantitative estimate of drug-likeness (QED) is 0.362. The van der Waals surface area contributed by atoms with Gasteiger partial charge in [-0.3, -0.25) is 19.2 Å². The number of hydrogen-bond acceptors (Lipinski definition) is 6. The fraction of sp³-hybridized carbons (Fsp3) is 0.385. The van der Waals surface area contributed by atoms with E-state index in [2.05, 4.69) is 16.0 Å². The molecule has 1 unspecified atom stereocenters. The molecule has 0 fully saturated rings. The van der Waals surface area contributed by atoms with Gasteiger partial charge in [-0.15, -0.1) is 0 Å². The topological polar surface area (TPSA) is 114 Å². The first-order valence-corrected chi connectivity index (χ1v) is 11.4. The summed E-state index contributed by atoms with van der Waals surface area (Å²) in [5, 5.41) is 7.81. The Kier molecular flexibility index (Phi) is 10.7. The smallest absolute Gasteiger partial charge is 0.243 e. The summed E-state index contributed by atoms with van der Waals surface area (Å²) in [4.78, 5) is 49.1. The molecule has 0 saturated heterocycles. The highest BCUT2D eigenvalue weighted by Gasteiger charge is 2.25. The van der Waals surface area contributed by atoms with Crippen LogP contribution >= 0.6 is 0 Å². The van der Waals surface area contributed by atoms with Crippen LogP contribution in [0.4, 0.5) is 8.78 Å². The van der Waals surface area contributed by atoms with Gasteiger partial charge in [0.15, 0.2) is 11.6 Å². The van der Waals surface area contributed by atoms with E-state index in [0.717, 1.165) is 12.1 Å². The van der Waals surface area contributed by atoms with Gasteiger partial charge in [-0.25, -0.2) is 8.78 Å². The maximum atomic E-state index is 13.7. The molecule has 2 aromatic rings. The molecule has 3 N–H and O–H groups in total. The summed E-state index contributed by atoms with van der Waals surface area (Å²) in [6, 6.07) is 7.37. The second-order valence-electron chi connectivity index (χ2n) is 8.61. The average Bonchev–Trinajstić information content (AvgIpc) is 2.82. The minimum Gasteiger partial charge on any atom is -0.496 e. The number of ether oxygens (including phenoxy) is 1. The molecule has 1 atom stereocenters. The lowest BCUT2D eigenvalue weighted by molar-refractivity contribution is -0.130. The molecule has 2 aromatic carbocycles. The monoisotopic (exact) mass is 503 g/mol. The molecule has 36 heavy (non-hydrogen) atoms. The van der Waals surface area contributed by atoms with Crippen LogP contribution in [0.3, 0.4) is 0 Å². The average molecular weight is 504 g/mol. The first-order chi connectivity index (χ1) is 17.0. The molecule has 2 amide bonds. The van der Waals surface area contributed by atoms with Gasteiger partial charge in [-0.1, -0.05) is 19.9 Å². The Morgan fingerprint density at radius 3 is 2.25 bits per heavy atom. The van der Waals surface area contributed by atoms with Crippen molar-refractivity contribution < 1.29 is 32.7 Å². The number of halogens is 2. The third kappa shape index (κ3) is 8.23. The van der Waals surface area contributed by atoms with Crippen LogP contribution in [0.5, 0.6) is 5.75 Å². The highest BCUT2D eigenvalue weighted by molar-refractivity contribution is 5.95. The minimum atomic E-state index is -0.909. The van der Waals surface area contributed by atoms with Crippen molar-refractivity contribution in [2.24, 2.45) is 5.92 Å². The van der Waals surface area contributed by atoms with Crippen molar-refractivity contribution in [2.45, 2.75) is 39.8 Å². The molecule has 0 spiro atoms. The Morgan fingerprint density at radius 2 is 1.67 bits per heavy atom. The molecule has 0 bridgehead atoms. The Balaban J connectivity index is 1.90. The van der Waals surface area contributed by atoms with E-state index in [-0.39, 0.29) is 43.3 Å². The van der Waals surface area contributed by atoms with Crippen LogP contribution in [0.1, 0.15) is 42.3 Å². The maximum Gasteiger partial charge on any atom is 0.243 e. The van der Waals surface area contributed by atoms with Crippen LogP contribution in [-0.4, -0.2) is 49.6 Å². The van der Waals surface area contributed by atoms with Crippen molar-refractivity contribution in [1.29, 1.82) is 0 Å². The SMILES string of the molecule is COc1ccc(C(C)=O)cc1CC(=O)NC(C(=O)NCC(=O)CNCc1c(F)cccc1F)C(C)C. The highest BCUT2D eigenvalue weighted by atomic mass is 19.1. The number of benzene rings is 2. The molecule has 194 valence electrons. The summed E-state index contributed by atoms with van der Waals surface area (Å²) in [7, 11) is 1.45. The summed E-state index contributed by atoms with van der Waals surface area (Å²) >= 11 is 0. The van der Waals surface area contributed by atoms with E-state index in [9.17, 15) is 28.0 Å². The zero-order valence-corrected chi connectivity index (χ0v) is 20.7. The zero-order valence-electron chi connectivity index (χ0n) is 20.7. The lowest BCUT2D eigenvalue weighted by Crippen LogP contribution is -2.51. The molecule has 8 nitrogen and oxygen atoms in total. The van der Waals surface area contributed by atoms with Gasteiger partial charge in [0.1, 0.15) is 23.4 Å². The summed E-state index contributed by atoms with van der Waals surface area (Å²) in [5.41, 5.74) is 0.752. The number of rotatable bonds is 13. The second-order valence-corrected chi connectivity index (χ2v) is 8.61. The predicted octanol–water partition coefficient (Wildman–Crippen LogP) is 2.33. The van der Waals surface area contributed by atoms with E-state index in [1.807, 2.05) is 0 Å². The fourth-order valence-corrected chi connectivity index (χ4v) is 3.45. The summed E-state index contributed by atoms with van der Waals surface area (Å²) < 4.78 is 32.6. The molecule has 10 heteroatoms. The number of carbonyl (C=O) groups excluding carboxylic acids is 4. The molecular weight excluding hydrogens is 472 g/mol. The van der Waals surface area contributed by atoms with Gasteiger partial charge in [-0.2, -0.15) is 0 Å². The van der Waals surface area contributed by atoms with Crippen molar-refractivity contribution in [1.82, 2.24) is 16.0 Å². The maximum absolute atomic E-state index is 13.7. The number of Topliss-reactive ketones (excluding diaryl/α,β-unsaturated/α-hetero) is 2. The second kappa shape index (κ2) is 13.4. The third-order valence-corrected chi connectivity index (χ3v) is 5.45. The fourth-order valence-electron chi connectivity index (χ4n) is 3.45. The van der Waals surface area contributed by atoms with Gasteiger partial charge < -0.3 is 20.7 Å². The first kappa shape index (κ1) is 28.6. The number of amides is 2. The number of methoxy groups -OCH3 is 1. The van der Waals surface area contributed by atoms with Crippen molar-refractivity contribution in [2.75, 3.05) is 20.2 Å². The predicted molar refractivity (Wildman–Crippen MR) is 130 cm³/mol. The van der Waals surface area contributed by atoms with E-state index < -0.39 is 35.3 Å². The third-order valence-electron chi connectivity index (χ3n) is 5.45. The van der Waals surface area contributed by atoms with E-state index in [0.29, 0.717) is 16.9 Å². The van der Waals surface area contributed by atoms with Crippen LogP contribution in [0, 0.1) is 17.6 Å². The van der Waals surface area contributed by atoms with Gasteiger partial charge >= 0.3 is 0 Å². The van der Waals surface area contributed by atoms with Crippen molar-refractivity contribution in [3.05, 3.63) is 64.7 Å². The van der Waals surface area contributed by atoms with E-state index in [4.69, 9.17) is 4.74 Å². The van der Waals surface area contributed by atoms with Crippen molar-refractivity contribution in [3.8, 4) is 5.75 Å². The largest absolute Gasteiger partial charge is 0.496 e. The van der Waals surface area contributed by atoms with E-state index in [1.54, 1.807) is 32.0 Å². The Bertz CT molecular complexity index is 1100. The molecule has 0 aliphatic rings. The van der Waals surface area contributed by atoms with Gasteiger partial charge in [0.05, 0.1) is 26.6 Å². The van der Waals surface area contributed by atoms with Crippen molar-refractivity contribution in [3.63, 3.8) is 0 Å².